The first kappa shape index (κ1) is 24.3. The van der Waals surface area contributed by atoms with Crippen LogP contribution in [0.4, 0.5) is 5.69 Å². The zero-order valence-corrected chi connectivity index (χ0v) is 20.8. The highest BCUT2D eigenvalue weighted by atomic mass is 16.5. The average molecular weight is 468 g/mol. The number of aryl methyl sites for hydroxylation is 2. The molecule has 2 fully saturated rings. The molecule has 1 aliphatic carbocycles. The van der Waals surface area contributed by atoms with Gasteiger partial charge in [0.2, 0.25) is 0 Å². The Hall–Kier alpha value is -2.80. The second kappa shape index (κ2) is 10.6. The quantitative estimate of drug-likeness (QED) is 0.609. The molecule has 0 unspecified atom stereocenters. The summed E-state index contributed by atoms with van der Waals surface area (Å²) in [4.78, 5) is 31.0. The molecule has 2 aromatic rings. The molecule has 2 heterocycles. The second-order valence-electron chi connectivity index (χ2n) is 9.54. The first-order valence-corrected chi connectivity index (χ1v) is 12.5. The Bertz CT molecular complexity index is 1080. The van der Waals surface area contributed by atoms with Crippen LogP contribution in [0.2, 0.25) is 0 Å². The van der Waals surface area contributed by atoms with Crippen LogP contribution in [0.1, 0.15) is 71.8 Å². The predicted molar refractivity (Wildman–Crippen MR) is 134 cm³/mol. The van der Waals surface area contributed by atoms with Gasteiger partial charge in [0.05, 0.1) is 6.10 Å². The summed E-state index contributed by atoms with van der Waals surface area (Å²) in [6.45, 7) is 10.5. The van der Waals surface area contributed by atoms with Crippen molar-refractivity contribution in [3.05, 3.63) is 56.5 Å². The third-order valence-electron chi connectivity index (χ3n) is 7.15. The molecule has 7 heteroatoms. The van der Waals surface area contributed by atoms with Gasteiger partial charge in [-0.15, -0.1) is 0 Å². The minimum Gasteiger partial charge on any atom is -0.490 e. The lowest BCUT2D eigenvalue weighted by molar-refractivity contribution is 0.0845. The summed E-state index contributed by atoms with van der Waals surface area (Å²) in [5.41, 5.74) is 4.68. The molecule has 1 saturated heterocycles. The first-order valence-electron chi connectivity index (χ1n) is 12.5. The Morgan fingerprint density at radius 2 is 1.88 bits per heavy atom. The number of pyridine rings is 1. The Morgan fingerprint density at radius 1 is 1.15 bits per heavy atom. The van der Waals surface area contributed by atoms with Crippen LogP contribution in [0.3, 0.4) is 0 Å². The number of hydrogen-bond donors (Lipinski definition) is 2. The number of carbonyl (C=O) groups excluding carboxylic acids is 1. The molecule has 184 valence electrons. The van der Waals surface area contributed by atoms with Gasteiger partial charge in [-0.3, -0.25) is 9.59 Å². The smallest absolute Gasteiger partial charge is 0.253 e. The van der Waals surface area contributed by atoms with Crippen LogP contribution in [0.25, 0.3) is 0 Å². The molecule has 2 aliphatic rings. The zero-order chi connectivity index (χ0) is 24.2. The molecule has 1 aromatic carbocycles. The molecule has 1 saturated carbocycles. The van der Waals surface area contributed by atoms with Gasteiger partial charge in [-0.2, -0.15) is 0 Å². The van der Waals surface area contributed by atoms with Gasteiger partial charge in [0.1, 0.15) is 5.75 Å². The van der Waals surface area contributed by atoms with Crippen molar-refractivity contribution in [1.82, 2.24) is 10.3 Å². The van der Waals surface area contributed by atoms with E-state index < -0.39 is 0 Å². The summed E-state index contributed by atoms with van der Waals surface area (Å²) in [5, 5.41) is 2.98. The van der Waals surface area contributed by atoms with E-state index in [0.29, 0.717) is 17.2 Å². The number of hydrogen-bond acceptors (Lipinski definition) is 5. The van der Waals surface area contributed by atoms with Crippen molar-refractivity contribution in [2.24, 2.45) is 0 Å². The van der Waals surface area contributed by atoms with Crippen molar-refractivity contribution in [2.75, 3.05) is 24.7 Å². The fraction of sp³-hybridized carbons (Fsp3) is 0.556. The summed E-state index contributed by atoms with van der Waals surface area (Å²) in [7, 11) is 0. The fourth-order valence-corrected chi connectivity index (χ4v) is 4.94. The largest absolute Gasteiger partial charge is 0.490 e. The number of aromatic nitrogens is 1. The minimum atomic E-state index is -0.194. The van der Waals surface area contributed by atoms with E-state index in [1.807, 2.05) is 32.9 Å². The minimum absolute atomic E-state index is 0.158. The Balaban J connectivity index is 1.63. The van der Waals surface area contributed by atoms with Gasteiger partial charge in [0, 0.05) is 60.9 Å². The maximum Gasteiger partial charge on any atom is 0.253 e. The average Bonchev–Trinajstić information content (AvgIpc) is 2.78. The predicted octanol–water partition coefficient (Wildman–Crippen LogP) is 4.17. The lowest BCUT2D eigenvalue weighted by Crippen LogP contribution is -2.40. The van der Waals surface area contributed by atoms with E-state index in [1.165, 1.54) is 6.42 Å². The molecule has 0 atom stereocenters. The zero-order valence-electron chi connectivity index (χ0n) is 20.8. The molecular weight excluding hydrogens is 430 g/mol. The third-order valence-corrected chi connectivity index (χ3v) is 7.15. The van der Waals surface area contributed by atoms with Gasteiger partial charge in [-0.25, -0.2) is 0 Å². The van der Waals surface area contributed by atoms with Crippen LogP contribution in [-0.4, -0.2) is 42.8 Å². The normalized spacial score (nSPS) is 16.7. The molecule has 1 aromatic heterocycles. The second-order valence-corrected chi connectivity index (χ2v) is 9.54. The van der Waals surface area contributed by atoms with Gasteiger partial charge in [0.15, 0.2) is 0 Å². The number of benzene rings is 1. The monoisotopic (exact) mass is 467 g/mol. The number of anilines is 1. The highest BCUT2D eigenvalue weighted by Gasteiger charge is 2.26. The molecule has 2 N–H and O–H groups in total. The number of nitrogens with one attached hydrogen (secondary N) is 2. The molecule has 0 bridgehead atoms. The fourth-order valence-electron chi connectivity index (χ4n) is 4.94. The molecular formula is C27H37N3O4. The van der Waals surface area contributed by atoms with Gasteiger partial charge in [-0.05, 0) is 83.1 Å². The van der Waals surface area contributed by atoms with E-state index in [9.17, 15) is 9.59 Å². The SMILES string of the molecule is CCN(c1cc(OC2CCC2)cc(C(=O)NCc2c(C)cc(C)[nH]c2=O)c1C)C1CCOCC1. The number of amides is 1. The van der Waals surface area contributed by atoms with Crippen molar-refractivity contribution in [3.63, 3.8) is 0 Å². The van der Waals surface area contributed by atoms with Gasteiger partial charge < -0.3 is 24.7 Å². The molecule has 34 heavy (non-hydrogen) atoms. The van der Waals surface area contributed by atoms with Crippen LogP contribution in [-0.2, 0) is 11.3 Å². The van der Waals surface area contributed by atoms with Crippen molar-refractivity contribution in [1.29, 1.82) is 0 Å². The van der Waals surface area contributed by atoms with Gasteiger partial charge in [-0.1, -0.05) is 0 Å². The van der Waals surface area contributed by atoms with Crippen LogP contribution < -0.4 is 20.5 Å². The number of rotatable bonds is 8. The molecule has 0 spiro atoms. The summed E-state index contributed by atoms with van der Waals surface area (Å²) in [6, 6.07) is 6.25. The van der Waals surface area contributed by atoms with Crippen molar-refractivity contribution >= 4 is 11.6 Å². The summed E-state index contributed by atoms with van der Waals surface area (Å²) < 4.78 is 11.8. The number of carbonyl (C=O) groups is 1. The number of ether oxygens (including phenoxy) is 2. The van der Waals surface area contributed by atoms with Gasteiger partial charge >= 0.3 is 0 Å². The third kappa shape index (κ3) is 5.30. The molecule has 7 nitrogen and oxygen atoms in total. The summed E-state index contributed by atoms with van der Waals surface area (Å²) >= 11 is 0. The Labute approximate surface area is 201 Å². The topological polar surface area (TPSA) is 83.7 Å². The first-order chi connectivity index (χ1) is 16.4. The Kier molecular flexibility index (Phi) is 7.61. The summed E-state index contributed by atoms with van der Waals surface area (Å²) in [6.07, 6.45) is 5.45. The van der Waals surface area contributed by atoms with Crippen LogP contribution in [0.15, 0.2) is 23.0 Å². The maximum absolute atomic E-state index is 13.4. The van der Waals surface area contributed by atoms with Crippen molar-refractivity contribution in [3.8, 4) is 5.75 Å². The highest BCUT2D eigenvalue weighted by molar-refractivity contribution is 5.97. The van der Waals surface area contributed by atoms with E-state index in [-0.39, 0.29) is 24.1 Å². The van der Waals surface area contributed by atoms with Crippen LogP contribution in [0.5, 0.6) is 5.75 Å². The van der Waals surface area contributed by atoms with E-state index >= 15 is 0 Å². The van der Waals surface area contributed by atoms with Crippen molar-refractivity contribution in [2.45, 2.75) is 78.5 Å². The highest BCUT2D eigenvalue weighted by Crippen LogP contribution is 2.35. The molecule has 1 aliphatic heterocycles. The maximum atomic E-state index is 13.4. The van der Waals surface area contributed by atoms with E-state index in [0.717, 1.165) is 73.7 Å². The standard InChI is InChI=1S/C27H37N3O4/c1-5-30(20-9-11-33-12-10-20)25-15-22(34-21-7-6-8-21)14-23(19(25)4)26(31)28-16-24-17(2)13-18(3)29-27(24)32/h13-15,20-21H,5-12,16H2,1-4H3,(H,28,31)(H,29,32). The van der Waals surface area contributed by atoms with E-state index in [1.54, 1.807) is 0 Å². The molecule has 0 radical (unpaired) electrons. The Morgan fingerprint density at radius 3 is 2.50 bits per heavy atom. The van der Waals surface area contributed by atoms with E-state index in [2.05, 4.69) is 28.2 Å². The number of aromatic amines is 1. The van der Waals surface area contributed by atoms with Crippen molar-refractivity contribution < 1.29 is 14.3 Å². The lowest BCUT2D eigenvalue weighted by Gasteiger charge is -2.37. The lowest BCUT2D eigenvalue weighted by atomic mass is 9.96. The molecule has 4 rings (SSSR count). The van der Waals surface area contributed by atoms with E-state index in [4.69, 9.17) is 9.47 Å². The molecule has 1 amide bonds. The summed E-state index contributed by atoms with van der Waals surface area (Å²) in [5.74, 6) is 0.547. The van der Waals surface area contributed by atoms with Crippen LogP contribution in [0, 0.1) is 20.8 Å². The number of H-pyrrole nitrogens is 1. The van der Waals surface area contributed by atoms with Gasteiger partial charge in [0.25, 0.3) is 11.5 Å². The number of nitrogens with zero attached hydrogens (tertiary/aromatic N) is 1. The van der Waals surface area contributed by atoms with Crippen LogP contribution >= 0.6 is 0 Å².